The van der Waals surface area contributed by atoms with Gasteiger partial charge in [-0.15, -0.1) is 6.42 Å². The maximum absolute atomic E-state index is 14.5. The van der Waals surface area contributed by atoms with Crippen molar-refractivity contribution in [3.05, 3.63) is 65.2 Å². The van der Waals surface area contributed by atoms with E-state index < -0.39 is 33.2 Å². The van der Waals surface area contributed by atoms with Gasteiger partial charge in [0.05, 0.1) is 90.2 Å². The van der Waals surface area contributed by atoms with E-state index in [0.717, 1.165) is 11.0 Å². The molecule has 17 heteroatoms. The molecule has 2 heterocycles. The van der Waals surface area contributed by atoms with Crippen molar-refractivity contribution < 1.29 is 13.9 Å². The summed E-state index contributed by atoms with van der Waals surface area (Å²) in [6.07, 6.45) is 9.37. The molecule has 2 N–H and O–H groups in total. The Hall–Kier alpha value is -2.99. The van der Waals surface area contributed by atoms with Gasteiger partial charge in [0.2, 0.25) is 5.91 Å². The highest BCUT2D eigenvalue weighted by molar-refractivity contribution is 6.59. The third-order valence-corrected chi connectivity index (χ3v) is 6.72. The van der Waals surface area contributed by atoms with Crippen LogP contribution >= 0.6 is 11.6 Å². The fourth-order valence-corrected chi connectivity index (χ4v) is 4.24. The van der Waals surface area contributed by atoms with E-state index in [4.69, 9.17) is 85.5 Å². The number of morpholine rings is 1. The molecule has 0 unspecified atom stereocenters. The minimum atomic E-state index is -2.27. The number of nitrogens with one attached hydrogen (secondary N) is 2. The summed E-state index contributed by atoms with van der Waals surface area (Å²) in [5.41, 5.74) is 1.06. The molecule has 3 aromatic rings. The summed E-state index contributed by atoms with van der Waals surface area (Å²) in [4.78, 5) is 22.2. The fraction of sp³-hybridized carbons (Fsp3) is 0.208. The predicted molar refractivity (Wildman–Crippen MR) is 165 cm³/mol. The number of amides is 1. The topological polar surface area (TPSA) is 79.4 Å². The molecule has 0 saturated carbocycles. The van der Waals surface area contributed by atoms with Gasteiger partial charge in [0, 0.05) is 18.0 Å². The molecule has 1 amide bonds. The van der Waals surface area contributed by atoms with Gasteiger partial charge in [-0.3, -0.25) is 4.79 Å². The number of nitrogens with zero attached hydrogens (tertiary/aromatic N) is 3. The van der Waals surface area contributed by atoms with E-state index in [-0.39, 0.29) is 28.8 Å². The number of ether oxygens (including phenoxy) is 1. The molecular formula is C24H13B8ClFN5O2. The number of hydrogen-bond donors (Lipinski definition) is 2. The summed E-state index contributed by atoms with van der Waals surface area (Å²) in [6.45, 7) is -0.282. The standard InChI is InChI=1S/C24H13B8ClFN5O2/c1-2-12-9-17-13(20(36-11-35-17)38-15-6-3-5-14(33)19(15)34)10-16(12)37-18(40)7-4-8-39-21(25,26)23(29,30)41-24(31,32)22(39,27)28/h1,3-7,9-11H,8H2,(H,37,40)(H,35,36,38)/b7-4+. The van der Waals surface area contributed by atoms with Crippen LogP contribution in [-0.4, -0.2) is 112 Å². The van der Waals surface area contributed by atoms with Crippen molar-refractivity contribution in [2.24, 2.45) is 0 Å². The molecule has 0 atom stereocenters. The molecule has 0 aliphatic carbocycles. The maximum Gasteiger partial charge on any atom is 0.248 e. The largest absolute Gasteiger partial charge is 0.406 e. The average Bonchev–Trinajstić information content (AvgIpc) is 2.87. The Morgan fingerprint density at radius 3 is 2.37 bits per heavy atom. The second-order valence-corrected chi connectivity index (χ2v) is 9.76. The van der Waals surface area contributed by atoms with Crippen LogP contribution in [0.15, 0.2) is 48.8 Å². The molecule has 184 valence electrons. The average molecular weight is 544 g/mol. The minimum absolute atomic E-state index is 0.0740. The normalized spacial score (nSPS) is 19.0. The Morgan fingerprint density at radius 2 is 1.73 bits per heavy atom. The first-order valence-electron chi connectivity index (χ1n) is 11.7. The second kappa shape index (κ2) is 11.0. The number of anilines is 3. The lowest BCUT2D eigenvalue weighted by Crippen LogP contribution is -2.85. The number of aromatic nitrogens is 2. The number of rotatable bonds is 6. The first-order chi connectivity index (χ1) is 19.0. The van der Waals surface area contributed by atoms with Crippen molar-refractivity contribution in [3.8, 4) is 12.3 Å². The van der Waals surface area contributed by atoms with Crippen LogP contribution in [0.1, 0.15) is 5.56 Å². The first-order valence-corrected chi connectivity index (χ1v) is 12.1. The molecule has 1 aliphatic heterocycles. The van der Waals surface area contributed by atoms with E-state index in [9.17, 15) is 9.18 Å². The number of halogens is 2. The number of benzene rings is 2. The summed E-state index contributed by atoms with van der Waals surface area (Å²) in [5, 5.41) is -2.99. The monoisotopic (exact) mass is 545 g/mol. The summed E-state index contributed by atoms with van der Waals surface area (Å²) in [7, 11) is 47.7. The van der Waals surface area contributed by atoms with Crippen LogP contribution in [0.5, 0.6) is 0 Å². The molecular weight excluding hydrogens is 531 g/mol. The van der Waals surface area contributed by atoms with Gasteiger partial charge in [-0.2, -0.15) is 0 Å². The van der Waals surface area contributed by atoms with Crippen LogP contribution in [0.2, 0.25) is 5.02 Å². The van der Waals surface area contributed by atoms with Gasteiger partial charge in [-0.05, 0) is 45.7 Å². The van der Waals surface area contributed by atoms with Crippen molar-refractivity contribution in [2.45, 2.75) is 21.5 Å². The number of carbonyl (C=O) groups excluding carboxylic acids is 1. The highest BCUT2D eigenvalue weighted by Gasteiger charge is 2.56. The van der Waals surface area contributed by atoms with Crippen LogP contribution in [0, 0.1) is 18.2 Å². The van der Waals surface area contributed by atoms with Crippen LogP contribution in [0.3, 0.4) is 0 Å². The highest BCUT2D eigenvalue weighted by atomic mass is 35.5. The third kappa shape index (κ3) is 5.73. The zero-order chi connectivity index (χ0) is 30.4. The zero-order valence-electron chi connectivity index (χ0n) is 21.4. The van der Waals surface area contributed by atoms with E-state index in [0.29, 0.717) is 16.5 Å². The molecule has 1 fully saturated rings. The van der Waals surface area contributed by atoms with Crippen LogP contribution in [0.25, 0.3) is 10.9 Å². The van der Waals surface area contributed by atoms with Gasteiger partial charge in [-0.25, -0.2) is 14.4 Å². The molecule has 41 heavy (non-hydrogen) atoms. The van der Waals surface area contributed by atoms with E-state index in [2.05, 4.69) is 26.5 Å². The summed E-state index contributed by atoms with van der Waals surface area (Å²) < 4.78 is 19.6. The zero-order valence-corrected chi connectivity index (χ0v) is 22.2. The van der Waals surface area contributed by atoms with Gasteiger partial charge in [-0.1, -0.05) is 29.7 Å². The van der Waals surface area contributed by atoms with Crippen LogP contribution in [0.4, 0.5) is 21.6 Å². The van der Waals surface area contributed by atoms with Crippen molar-refractivity contribution in [1.29, 1.82) is 0 Å². The number of terminal acetylenes is 1. The summed E-state index contributed by atoms with van der Waals surface area (Å²) >= 11 is 5.89. The highest BCUT2D eigenvalue weighted by Crippen LogP contribution is 2.39. The molecule has 2 aromatic carbocycles. The van der Waals surface area contributed by atoms with Crippen LogP contribution < -0.4 is 10.6 Å². The van der Waals surface area contributed by atoms with Gasteiger partial charge >= 0.3 is 0 Å². The molecule has 0 spiro atoms. The lowest BCUT2D eigenvalue weighted by atomic mass is 9.30. The van der Waals surface area contributed by atoms with Gasteiger partial charge in [0.15, 0.2) is 5.82 Å². The molecule has 1 saturated heterocycles. The first kappa shape index (κ1) is 31.0. The van der Waals surface area contributed by atoms with E-state index >= 15 is 0 Å². The molecule has 0 bridgehead atoms. The SMILES string of the molecule is [B]C1([B])OC([B])([B])C([B])([B])N(C/C=C/C(=O)Nc2cc3c(Nc4cccc(Cl)c4F)ncnc3cc2C#C)C1([B])[B]. The van der Waals surface area contributed by atoms with Crippen molar-refractivity contribution in [3.63, 3.8) is 0 Å². The van der Waals surface area contributed by atoms with Gasteiger partial charge in [0.1, 0.15) is 12.1 Å². The van der Waals surface area contributed by atoms with Crippen molar-refractivity contribution in [1.82, 2.24) is 14.9 Å². The quantitative estimate of drug-likeness (QED) is 0.257. The second-order valence-electron chi connectivity index (χ2n) is 9.35. The van der Waals surface area contributed by atoms with E-state index in [1.807, 2.05) is 0 Å². The number of carbonyl (C=O) groups is 1. The molecule has 1 aliphatic rings. The van der Waals surface area contributed by atoms with Crippen molar-refractivity contribution in [2.75, 3.05) is 17.2 Å². The Kier molecular flexibility index (Phi) is 8.32. The Morgan fingerprint density at radius 1 is 1.07 bits per heavy atom. The van der Waals surface area contributed by atoms with Gasteiger partial charge in [0.25, 0.3) is 0 Å². The third-order valence-electron chi connectivity index (χ3n) is 6.43. The minimum Gasteiger partial charge on any atom is -0.406 e. The van der Waals surface area contributed by atoms with E-state index in [1.54, 1.807) is 12.1 Å². The number of fused-ring (bicyclic) bond motifs is 1. The molecule has 16 radical (unpaired) electrons. The Balaban J connectivity index is 1.59. The molecule has 7 nitrogen and oxygen atoms in total. The lowest BCUT2D eigenvalue weighted by molar-refractivity contribution is -0.112. The molecule has 4 rings (SSSR count). The van der Waals surface area contributed by atoms with Crippen molar-refractivity contribution >= 4 is 108 Å². The predicted octanol–water partition coefficient (Wildman–Crippen LogP) is -0.0627. The van der Waals surface area contributed by atoms with Crippen LogP contribution in [-0.2, 0) is 9.53 Å². The molecule has 1 aromatic heterocycles. The smallest absolute Gasteiger partial charge is 0.248 e. The van der Waals surface area contributed by atoms with Gasteiger partial charge < -0.3 is 20.3 Å². The summed E-state index contributed by atoms with van der Waals surface area (Å²) in [5.74, 6) is 1.43. The number of hydrogen-bond acceptors (Lipinski definition) is 6. The fourth-order valence-electron chi connectivity index (χ4n) is 4.07. The van der Waals surface area contributed by atoms with E-state index in [1.165, 1.54) is 30.6 Å². The Labute approximate surface area is 252 Å². The Bertz CT molecular complexity index is 1570. The summed E-state index contributed by atoms with van der Waals surface area (Å²) in [6, 6.07) is 7.56. The maximum atomic E-state index is 14.5. The lowest BCUT2D eigenvalue weighted by Gasteiger charge is -2.70.